The van der Waals surface area contributed by atoms with E-state index < -0.39 is 0 Å². The van der Waals surface area contributed by atoms with Crippen molar-refractivity contribution in [1.82, 2.24) is 10.2 Å². The Morgan fingerprint density at radius 3 is 2.92 bits per heavy atom. The van der Waals surface area contributed by atoms with Crippen LogP contribution in [0.2, 0.25) is 0 Å². The lowest BCUT2D eigenvalue weighted by Crippen LogP contribution is -1.81. The van der Waals surface area contributed by atoms with E-state index in [4.69, 9.17) is 4.74 Å². The van der Waals surface area contributed by atoms with Gasteiger partial charge in [-0.25, -0.2) is 0 Å². The molecule has 0 atom stereocenters. The van der Waals surface area contributed by atoms with Crippen molar-refractivity contribution in [2.45, 2.75) is 13.2 Å². The summed E-state index contributed by atoms with van der Waals surface area (Å²) in [5.74, 6) is 0. The fraction of sp³-hybridized carbons (Fsp3) is 0.222. The Morgan fingerprint density at radius 1 is 1.31 bits per heavy atom. The average Bonchev–Trinajstić information content (AvgIpc) is 2.70. The average molecular weight is 286 g/mol. The summed E-state index contributed by atoms with van der Waals surface area (Å²) in [6, 6.07) is 4.28. The van der Waals surface area contributed by atoms with E-state index in [1.165, 1.54) is 16.5 Å². The summed E-state index contributed by atoms with van der Waals surface area (Å²) in [6.07, 6.45) is 0. The number of benzene rings is 1. The van der Waals surface area contributed by atoms with Gasteiger partial charge in [-0.15, -0.1) is 0 Å². The fourth-order valence-electron chi connectivity index (χ4n) is 1.65. The van der Waals surface area contributed by atoms with Crippen LogP contribution in [-0.4, -0.2) is 10.2 Å². The maximum absolute atomic E-state index is 5.35. The van der Waals surface area contributed by atoms with Gasteiger partial charge in [0.25, 0.3) is 0 Å². The SMILES string of the molecule is Ic1[nH]nc2cc3c(cc12)COC3. The van der Waals surface area contributed by atoms with Crippen LogP contribution in [0.15, 0.2) is 12.1 Å². The van der Waals surface area contributed by atoms with Gasteiger partial charge >= 0.3 is 0 Å². The Hall–Kier alpha value is -0.620. The van der Waals surface area contributed by atoms with Gasteiger partial charge in [0, 0.05) is 5.39 Å². The van der Waals surface area contributed by atoms with E-state index >= 15 is 0 Å². The molecule has 0 bridgehead atoms. The summed E-state index contributed by atoms with van der Waals surface area (Å²) in [4.78, 5) is 0. The van der Waals surface area contributed by atoms with Gasteiger partial charge in [-0.05, 0) is 45.9 Å². The lowest BCUT2D eigenvalue weighted by atomic mass is 10.1. The number of rotatable bonds is 0. The molecule has 0 amide bonds. The van der Waals surface area contributed by atoms with E-state index in [-0.39, 0.29) is 0 Å². The first-order valence-corrected chi connectivity index (χ1v) is 5.15. The molecule has 0 fully saturated rings. The van der Waals surface area contributed by atoms with Crippen LogP contribution in [-0.2, 0) is 18.0 Å². The van der Waals surface area contributed by atoms with Crippen molar-refractivity contribution in [2.75, 3.05) is 0 Å². The second-order valence-corrected chi connectivity index (χ2v) is 4.25. The summed E-state index contributed by atoms with van der Waals surface area (Å²) in [5, 5.41) is 8.38. The molecular weight excluding hydrogens is 279 g/mol. The minimum Gasteiger partial charge on any atom is -0.372 e. The second kappa shape index (κ2) is 2.68. The lowest BCUT2D eigenvalue weighted by molar-refractivity contribution is 0.134. The van der Waals surface area contributed by atoms with E-state index in [2.05, 4.69) is 44.9 Å². The molecule has 66 valence electrons. The minimum absolute atomic E-state index is 0.731. The standard InChI is InChI=1S/C9H7IN2O/c10-9-7-1-5-3-13-4-6(5)2-8(7)11-12-9/h1-2H,3-4H2,(H,11,12). The van der Waals surface area contributed by atoms with Crippen LogP contribution in [0.5, 0.6) is 0 Å². The molecule has 2 aromatic rings. The van der Waals surface area contributed by atoms with Crippen LogP contribution >= 0.6 is 22.6 Å². The zero-order valence-electron chi connectivity index (χ0n) is 6.80. The third-order valence-electron chi connectivity index (χ3n) is 2.34. The summed E-state index contributed by atoms with van der Waals surface area (Å²) in [6.45, 7) is 1.47. The number of H-pyrrole nitrogens is 1. The molecule has 0 unspecified atom stereocenters. The predicted octanol–water partition coefficient (Wildman–Crippen LogP) is 2.20. The highest BCUT2D eigenvalue weighted by atomic mass is 127. The molecule has 0 saturated carbocycles. The summed E-state index contributed by atoms with van der Waals surface area (Å²) in [5.41, 5.74) is 3.61. The Kier molecular flexibility index (Phi) is 1.60. The molecule has 1 aromatic carbocycles. The van der Waals surface area contributed by atoms with Crippen LogP contribution in [0.4, 0.5) is 0 Å². The largest absolute Gasteiger partial charge is 0.372 e. The van der Waals surface area contributed by atoms with E-state index in [0.717, 1.165) is 22.4 Å². The smallest absolute Gasteiger partial charge is 0.104 e. The second-order valence-electron chi connectivity index (χ2n) is 3.17. The van der Waals surface area contributed by atoms with Gasteiger partial charge in [0.2, 0.25) is 0 Å². The number of aromatic amines is 1. The van der Waals surface area contributed by atoms with Crippen molar-refractivity contribution in [2.24, 2.45) is 0 Å². The first-order valence-electron chi connectivity index (χ1n) is 4.08. The number of nitrogens with one attached hydrogen (secondary N) is 1. The van der Waals surface area contributed by atoms with E-state index in [1.807, 2.05) is 0 Å². The molecule has 0 spiro atoms. The van der Waals surface area contributed by atoms with Crippen molar-refractivity contribution in [3.8, 4) is 0 Å². The number of fused-ring (bicyclic) bond motifs is 2. The van der Waals surface area contributed by atoms with Crippen molar-refractivity contribution in [3.05, 3.63) is 27.0 Å². The van der Waals surface area contributed by atoms with Crippen LogP contribution in [0.3, 0.4) is 0 Å². The first-order chi connectivity index (χ1) is 6.34. The zero-order chi connectivity index (χ0) is 8.84. The zero-order valence-corrected chi connectivity index (χ0v) is 8.96. The maximum Gasteiger partial charge on any atom is 0.104 e. The normalized spacial score (nSPS) is 15.2. The van der Waals surface area contributed by atoms with Gasteiger partial charge in [0.05, 0.1) is 18.7 Å². The Morgan fingerprint density at radius 2 is 2.08 bits per heavy atom. The Labute approximate surface area is 88.6 Å². The van der Waals surface area contributed by atoms with E-state index in [9.17, 15) is 0 Å². The molecular formula is C9H7IN2O. The Balaban J connectivity index is 2.38. The van der Waals surface area contributed by atoms with Gasteiger partial charge in [-0.2, -0.15) is 5.10 Å². The highest BCUT2D eigenvalue weighted by molar-refractivity contribution is 14.1. The van der Waals surface area contributed by atoms with Crippen molar-refractivity contribution in [3.63, 3.8) is 0 Å². The van der Waals surface area contributed by atoms with E-state index in [1.54, 1.807) is 0 Å². The van der Waals surface area contributed by atoms with Crippen LogP contribution in [0.1, 0.15) is 11.1 Å². The molecule has 4 heteroatoms. The Bertz CT molecular complexity index is 478. The van der Waals surface area contributed by atoms with Crippen LogP contribution in [0.25, 0.3) is 10.9 Å². The molecule has 1 aliphatic heterocycles. The van der Waals surface area contributed by atoms with Crippen molar-refractivity contribution in [1.29, 1.82) is 0 Å². The molecule has 1 aliphatic rings. The molecule has 1 aromatic heterocycles. The summed E-state index contributed by atoms with van der Waals surface area (Å²) < 4.78 is 6.45. The maximum atomic E-state index is 5.35. The van der Waals surface area contributed by atoms with Gasteiger partial charge in [0.15, 0.2) is 0 Å². The minimum atomic E-state index is 0.731. The first kappa shape index (κ1) is 7.75. The summed E-state index contributed by atoms with van der Waals surface area (Å²) in [7, 11) is 0. The van der Waals surface area contributed by atoms with Crippen LogP contribution < -0.4 is 0 Å². The fourth-order valence-corrected chi connectivity index (χ4v) is 2.21. The quantitative estimate of drug-likeness (QED) is 0.754. The number of hydrogen-bond donors (Lipinski definition) is 1. The predicted molar refractivity (Wildman–Crippen MR) is 57.3 cm³/mol. The van der Waals surface area contributed by atoms with Gasteiger partial charge in [-0.3, -0.25) is 5.10 Å². The lowest BCUT2D eigenvalue weighted by Gasteiger charge is -1.95. The number of hydrogen-bond acceptors (Lipinski definition) is 2. The third-order valence-corrected chi connectivity index (χ3v) is 3.17. The number of aromatic nitrogens is 2. The van der Waals surface area contributed by atoms with Crippen molar-refractivity contribution >= 4 is 33.5 Å². The van der Waals surface area contributed by atoms with Gasteiger partial charge < -0.3 is 4.74 Å². The topological polar surface area (TPSA) is 37.9 Å². The third kappa shape index (κ3) is 1.08. The molecule has 0 radical (unpaired) electrons. The number of nitrogens with zero attached hydrogens (tertiary/aromatic N) is 1. The molecule has 3 rings (SSSR count). The molecule has 2 heterocycles. The van der Waals surface area contributed by atoms with Gasteiger partial charge in [0.1, 0.15) is 3.70 Å². The summed E-state index contributed by atoms with van der Waals surface area (Å²) >= 11 is 2.26. The molecule has 1 N–H and O–H groups in total. The highest BCUT2D eigenvalue weighted by Gasteiger charge is 2.14. The highest BCUT2D eigenvalue weighted by Crippen LogP contribution is 2.26. The van der Waals surface area contributed by atoms with Crippen LogP contribution in [0, 0.1) is 3.70 Å². The molecule has 0 saturated heterocycles. The van der Waals surface area contributed by atoms with E-state index in [0.29, 0.717) is 0 Å². The number of halogens is 1. The number of ether oxygens (including phenoxy) is 1. The molecule has 3 nitrogen and oxygen atoms in total. The molecule has 13 heavy (non-hydrogen) atoms. The van der Waals surface area contributed by atoms with Gasteiger partial charge in [-0.1, -0.05) is 0 Å². The van der Waals surface area contributed by atoms with Crippen molar-refractivity contribution < 1.29 is 4.74 Å². The monoisotopic (exact) mass is 286 g/mol. The molecule has 0 aliphatic carbocycles.